The second-order valence-corrected chi connectivity index (χ2v) is 6.09. The van der Waals surface area contributed by atoms with Gasteiger partial charge in [-0.25, -0.2) is 4.39 Å². The Morgan fingerprint density at radius 1 is 0.909 bits per heavy atom. The summed E-state index contributed by atoms with van der Waals surface area (Å²) in [6.07, 6.45) is 0. The molecule has 0 aliphatic carbocycles. The number of amides is 2. The van der Waals surface area contributed by atoms with Gasteiger partial charge in [0.15, 0.2) is 0 Å². The quantitative estimate of drug-likeness (QED) is 0.627. The van der Waals surface area contributed by atoms with Crippen molar-refractivity contribution in [3.8, 4) is 0 Å². The Hall–Kier alpha value is -2.14. The van der Waals surface area contributed by atoms with Gasteiger partial charge < -0.3 is 0 Å². The fraction of sp³-hybridized carbons (Fsp3) is 0.176. The number of imide groups is 1. The van der Waals surface area contributed by atoms with E-state index in [4.69, 9.17) is 0 Å². The van der Waals surface area contributed by atoms with E-state index in [2.05, 4.69) is 0 Å². The van der Waals surface area contributed by atoms with Crippen molar-refractivity contribution in [2.24, 2.45) is 0 Å². The molecule has 1 aliphatic rings. The highest BCUT2D eigenvalue weighted by Crippen LogP contribution is 2.23. The van der Waals surface area contributed by atoms with Crippen LogP contribution in [0.5, 0.6) is 0 Å². The van der Waals surface area contributed by atoms with E-state index in [1.165, 1.54) is 17.0 Å². The molecular formula is C17H14FNO2S. The monoisotopic (exact) mass is 315 g/mol. The predicted molar refractivity (Wildman–Crippen MR) is 84.4 cm³/mol. The summed E-state index contributed by atoms with van der Waals surface area (Å²) >= 11 is 1.61. The first-order valence-corrected chi connectivity index (χ1v) is 8.09. The average molecular weight is 315 g/mol. The molecule has 0 aromatic heterocycles. The molecule has 0 saturated heterocycles. The lowest BCUT2D eigenvalue weighted by Crippen LogP contribution is -2.31. The van der Waals surface area contributed by atoms with Crippen molar-refractivity contribution >= 4 is 23.6 Å². The molecule has 3 rings (SSSR count). The number of thioether (sulfide) groups is 1. The maximum Gasteiger partial charge on any atom is 0.261 e. The third-order valence-corrected chi connectivity index (χ3v) is 4.53. The first kappa shape index (κ1) is 14.8. The predicted octanol–water partition coefficient (Wildman–Crippen LogP) is 3.36. The Labute approximate surface area is 132 Å². The molecule has 2 amide bonds. The molecule has 2 aromatic carbocycles. The number of benzene rings is 2. The van der Waals surface area contributed by atoms with Crippen LogP contribution in [0.2, 0.25) is 0 Å². The lowest BCUT2D eigenvalue weighted by molar-refractivity contribution is 0.0664. The van der Waals surface area contributed by atoms with Gasteiger partial charge >= 0.3 is 0 Å². The van der Waals surface area contributed by atoms with Gasteiger partial charge in [0.25, 0.3) is 11.8 Å². The number of nitrogens with zero attached hydrogens (tertiary/aromatic N) is 1. The highest BCUT2D eigenvalue weighted by Gasteiger charge is 2.34. The third kappa shape index (κ3) is 2.90. The fourth-order valence-corrected chi connectivity index (χ4v) is 3.25. The smallest absolute Gasteiger partial charge is 0.261 e. The zero-order valence-corrected chi connectivity index (χ0v) is 12.6. The summed E-state index contributed by atoms with van der Waals surface area (Å²) in [5.41, 5.74) is 1.99. The molecule has 22 heavy (non-hydrogen) atoms. The average Bonchev–Trinajstić information content (AvgIpc) is 2.78. The van der Waals surface area contributed by atoms with Crippen molar-refractivity contribution in [2.75, 3.05) is 12.3 Å². The Morgan fingerprint density at radius 3 is 2.09 bits per heavy atom. The van der Waals surface area contributed by atoms with Gasteiger partial charge in [-0.05, 0) is 29.8 Å². The van der Waals surface area contributed by atoms with Crippen LogP contribution in [-0.2, 0) is 5.75 Å². The lowest BCUT2D eigenvalue weighted by atomic mass is 10.1. The summed E-state index contributed by atoms with van der Waals surface area (Å²) in [6, 6.07) is 13.2. The zero-order chi connectivity index (χ0) is 15.5. The maximum absolute atomic E-state index is 12.8. The second kappa shape index (κ2) is 6.32. The molecule has 0 N–H and O–H groups in total. The number of halogens is 1. The summed E-state index contributed by atoms with van der Waals surface area (Å²) in [4.78, 5) is 25.6. The van der Waals surface area contributed by atoms with Crippen LogP contribution in [0.4, 0.5) is 4.39 Å². The van der Waals surface area contributed by atoms with E-state index in [1.807, 2.05) is 0 Å². The summed E-state index contributed by atoms with van der Waals surface area (Å²) in [5, 5.41) is 0. The lowest BCUT2D eigenvalue weighted by Gasteiger charge is -2.13. The summed E-state index contributed by atoms with van der Waals surface area (Å²) in [5.74, 6) is 0.692. The number of carbonyl (C=O) groups is 2. The van der Waals surface area contributed by atoms with E-state index in [-0.39, 0.29) is 17.6 Å². The van der Waals surface area contributed by atoms with Crippen LogP contribution in [0.25, 0.3) is 0 Å². The summed E-state index contributed by atoms with van der Waals surface area (Å²) < 4.78 is 12.8. The number of hydrogen-bond donors (Lipinski definition) is 0. The van der Waals surface area contributed by atoms with Crippen LogP contribution in [-0.4, -0.2) is 29.0 Å². The highest BCUT2D eigenvalue weighted by molar-refractivity contribution is 7.98. The molecule has 0 radical (unpaired) electrons. The molecule has 3 nitrogen and oxygen atoms in total. The van der Waals surface area contributed by atoms with Crippen LogP contribution >= 0.6 is 11.8 Å². The van der Waals surface area contributed by atoms with Gasteiger partial charge in [-0.3, -0.25) is 14.5 Å². The molecule has 0 unspecified atom stereocenters. The number of rotatable bonds is 5. The number of hydrogen-bond acceptors (Lipinski definition) is 3. The minimum absolute atomic E-state index is 0.219. The molecule has 0 atom stereocenters. The Morgan fingerprint density at radius 2 is 1.50 bits per heavy atom. The molecule has 0 bridgehead atoms. The topological polar surface area (TPSA) is 37.4 Å². The van der Waals surface area contributed by atoms with Crippen molar-refractivity contribution in [1.29, 1.82) is 0 Å². The van der Waals surface area contributed by atoms with E-state index in [9.17, 15) is 14.0 Å². The molecule has 0 fully saturated rings. The molecule has 0 saturated carbocycles. The Kier molecular flexibility index (Phi) is 4.24. The van der Waals surface area contributed by atoms with Crippen molar-refractivity contribution in [3.63, 3.8) is 0 Å². The largest absolute Gasteiger partial charge is 0.274 e. The summed E-state index contributed by atoms with van der Waals surface area (Å²) in [6.45, 7) is 0.387. The van der Waals surface area contributed by atoms with E-state index in [0.29, 0.717) is 23.4 Å². The van der Waals surface area contributed by atoms with Crippen LogP contribution in [0.3, 0.4) is 0 Å². The first-order valence-electron chi connectivity index (χ1n) is 6.94. The fourth-order valence-electron chi connectivity index (χ4n) is 2.37. The van der Waals surface area contributed by atoms with Crippen LogP contribution in [0.1, 0.15) is 26.3 Å². The Bertz CT molecular complexity index is 680. The first-order chi connectivity index (χ1) is 10.7. The summed E-state index contributed by atoms with van der Waals surface area (Å²) in [7, 11) is 0. The van der Waals surface area contributed by atoms with E-state index in [0.717, 1.165) is 11.3 Å². The van der Waals surface area contributed by atoms with Gasteiger partial charge in [0, 0.05) is 18.1 Å². The van der Waals surface area contributed by atoms with E-state index in [1.54, 1.807) is 48.2 Å². The van der Waals surface area contributed by atoms with E-state index < -0.39 is 0 Å². The van der Waals surface area contributed by atoms with Gasteiger partial charge in [0.1, 0.15) is 5.82 Å². The van der Waals surface area contributed by atoms with Crippen LogP contribution in [0.15, 0.2) is 48.5 Å². The van der Waals surface area contributed by atoms with Gasteiger partial charge in [-0.2, -0.15) is 11.8 Å². The van der Waals surface area contributed by atoms with Gasteiger partial charge in [0.05, 0.1) is 11.1 Å². The van der Waals surface area contributed by atoms with E-state index >= 15 is 0 Å². The minimum Gasteiger partial charge on any atom is -0.274 e. The molecular weight excluding hydrogens is 301 g/mol. The highest BCUT2D eigenvalue weighted by atomic mass is 32.2. The number of carbonyl (C=O) groups excluding carboxylic acids is 2. The zero-order valence-electron chi connectivity index (χ0n) is 11.8. The van der Waals surface area contributed by atoms with Crippen molar-refractivity contribution in [2.45, 2.75) is 5.75 Å². The molecule has 1 heterocycles. The van der Waals surface area contributed by atoms with Crippen molar-refractivity contribution in [3.05, 3.63) is 71.0 Å². The second-order valence-electron chi connectivity index (χ2n) is 4.99. The van der Waals surface area contributed by atoms with Crippen LogP contribution < -0.4 is 0 Å². The van der Waals surface area contributed by atoms with Crippen molar-refractivity contribution < 1.29 is 14.0 Å². The van der Waals surface area contributed by atoms with Crippen LogP contribution in [0, 0.1) is 5.82 Å². The third-order valence-electron chi connectivity index (χ3n) is 3.52. The SMILES string of the molecule is O=C1c2ccccc2C(=O)N1CCSCc1ccc(F)cc1. The van der Waals surface area contributed by atoms with Gasteiger partial charge in [-0.1, -0.05) is 24.3 Å². The van der Waals surface area contributed by atoms with Gasteiger partial charge in [0.2, 0.25) is 0 Å². The normalized spacial score (nSPS) is 13.6. The maximum atomic E-state index is 12.8. The number of fused-ring (bicyclic) bond motifs is 1. The standard InChI is InChI=1S/C17H14FNO2S/c18-13-7-5-12(6-8-13)11-22-10-9-19-16(20)14-3-1-2-4-15(14)17(19)21/h1-8H,9-11H2. The molecule has 2 aromatic rings. The molecule has 112 valence electrons. The minimum atomic E-state index is -0.250. The molecule has 5 heteroatoms. The van der Waals surface area contributed by atoms with Crippen molar-refractivity contribution in [1.82, 2.24) is 4.90 Å². The molecule has 1 aliphatic heterocycles. The van der Waals surface area contributed by atoms with Gasteiger partial charge in [-0.15, -0.1) is 0 Å². The Balaban J connectivity index is 1.54. The molecule has 0 spiro atoms.